The summed E-state index contributed by atoms with van der Waals surface area (Å²) >= 11 is 0. The SMILES string of the molecule is COc1cccc2c1C(=O)c1c(OC)cc(-c3ccc(C(C)=O)cc3)cc1C2=O. The molecule has 144 valence electrons. The van der Waals surface area contributed by atoms with Crippen LogP contribution in [0.1, 0.15) is 49.1 Å². The van der Waals surface area contributed by atoms with Crippen molar-refractivity contribution in [1.29, 1.82) is 0 Å². The van der Waals surface area contributed by atoms with Gasteiger partial charge in [-0.1, -0.05) is 36.4 Å². The van der Waals surface area contributed by atoms with E-state index in [1.54, 1.807) is 42.5 Å². The van der Waals surface area contributed by atoms with Crippen LogP contribution in [-0.4, -0.2) is 31.6 Å². The fourth-order valence-corrected chi connectivity index (χ4v) is 3.65. The first-order valence-electron chi connectivity index (χ1n) is 9.06. The van der Waals surface area contributed by atoms with E-state index < -0.39 is 0 Å². The highest BCUT2D eigenvalue weighted by atomic mass is 16.5. The van der Waals surface area contributed by atoms with Crippen molar-refractivity contribution in [3.05, 3.63) is 82.4 Å². The molecule has 0 saturated carbocycles. The molecular formula is C24H18O5. The molecule has 0 atom stereocenters. The lowest BCUT2D eigenvalue weighted by atomic mass is 9.81. The zero-order chi connectivity index (χ0) is 20.7. The van der Waals surface area contributed by atoms with E-state index >= 15 is 0 Å². The van der Waals surface area contributed by atoms with Crippen LogP contribution >= 0.6 is 0 Å². The molecule has 0 N–H and O–H groups in total. The molecule has 0 aliphatic heterocycles. The molecule has 1 aliphatic rings. The fourth-order valence-electron chi connectivity index (χ4n) is 3.65. The first-order valence-corrected chi connectivity index (χ1v) is 9.06. The maximum absolute atomic E-state index is 13.2. The van der Waals surface area contributed by atoms with E-state index in [1.807, 2.05) is 12.1 Å². The van der Waals surface area contributed by atoms with Gasteiger partial charge in [0.2, 0.25) is 5.78 Å². The van der Waals surface area contributed by atoms with E-state index in [9.17, 15) is 14.4 Å². The van der Waals surface area contributed by atoms with Crippen molar-refractivity contribution in [2.24, 2.45) is 0 Å². The minimum atomic E-state index is -0.303. The van der Waals surface area contributed by atoms with Gasteiger partial charge in [0.1, 0.15) is 11.5 Å². The Balaban J connectivity index is 1.91. The van der Waals surface area contributed by atoms with Crippen LogP contribution in [0.5, 0.6) is 11.5 Å². The van der Waals surface area contributed by atoms with Crippen LogP contribution in [0, 0.1) is 0 Å². The molecule has 0 bridgehead atoms. The van der Waals surface area contributed by atoms with Crippen molar-refractivity contribution in [2.45, 2.75) is 6.92 Å². The number of carbonyl (C=O) groups is 3. The monoisotopic (exact) mass is 386 g/mol. The molecule has 5 nitrogen and oxygen atoms in total. The number of hydrogen-bond acceptors (Lipinski definition) is 5. The predicted molar refractivity (Wildman–Crippen MR) is 108 cm³/mol. The van der Waals surface area contributed by atoms with Gasteiger partial charge < -0.3 is 9.47 Å². The molecule has 29 heavy (non-hydrogen) atoms. The first kappa shape index (κ1) is 18.6. The maximum Gasteiger partial charge on any atom is 0.201 e. The highest BCUT2D eigenvalue weighted by Gasteiger charge is 2.35. The molecule has 0 saturated heterocycles. The topological polar surface area (TPSA) is 69.7 Å². The van der Waals surface area contributed by atoms with Crippen LogP contribution in [0.2, 0.25) is 0 Å². The molecule has 0 amide bonds. The lowest BCUT2D eigenvalue weighted by Gasteiger charge is -2.22. The summed E-state index contributed by atoms with van der Waals surface area (Å²) in [7, 11) is 2.93. The van der Waals surface area contributed by atoms with Crippen LogP contribution in [0.3, 0.4) is 0 Å². The Morgan fingerprint density at radius 2 is 1.38 bits per heavy atom. The Kier molecular flexibility index (Phi) is 4.51. The summed E-state index contributed by atoms with van der Waals surface area (Å²) in [4.78, 5) is 38.0. The van der Waals surface area contributed by atoms with Crippen LogP contribution < -0.4 is 9.47 Å². The molecule has 0 fully saturated rings. The van der Waals surface area contributed by atoms with Gasteiger partial charge >= 0.3 is 0 Å². The third-order valence-electron chi connectivity index (χ3n) is 5.14. The van der Waals surface area contributed by atoms with Crippen LogP contribution in [0.15, 0.2) is 54.6 Å². The van der Waals surface area contributed by atoms with Crippen LogP contribution in [0.25, 0.3) is 11.1 Å². The molecular weight excluding hydrogens is 368 g/mol. The number of fused-ring (bicyclic) bond motifs is 2. The summed E-state index contributed by atoms with van der Waals surface area (Å²) in [5, 5.41) is 0. The lowest BCUT2D eigenvalue weighted by molar-refractivity contribution is 0.0974. The van der Waals surface area contributed by atoms with Gasteiger partial charge in [-0.05, 0) is 36.2 Å². The molecule has 0 heterocycles. The van der Waals surface area contributed by atoms with E-state index in [0.29, 0.717) is 28.2 Å². The first-order chi connectivity index (χ1) is 14.0. The minimum absolute atomic E-state index is 0.0223. The van der Waals surface area contributed by atoms with Crippen molar-refractivity contribution in [1.82, 2.24) is 0 Å². The molecule has 5 heteroatoms. The number of hydrogen-bond donors (Lipinski definition) is 0. The molecule has 0 radical (unpaired) electrons. The number of ether oxygens (including phenoxy) is 2. The smallest absolute Gasteiger partial charge is 0.201 e. The lowest BCUT2D eigenvalue weighted by Crippen LogP contribution is -2.22. The Hall–Kier alpha value is -3.73. The quantitative estimate of drug-likeness (QED) is 0.488. The molecule has 1 aliphatic carbocycles. The molecule has 4 rings (SSSR count). The van der Waals surface area contributed by atoms with E-state index in [1.165, 1.54) is 21.1 Å². The summed E-state index contributed by atoms with van der Waals surface area (Å²) in [6, 6.07) is 15.5. The van der Waals surface area contributed by atoms with Gasteiger partial charge in [-0.25, -0.2) is 0 Å². The minimum Gasteiger partial charge on any atom is -0.496 e. The largest absolute Gasteiger partial charge is 0.496 e. The van der Waals surface area contributed by atoms with Crippen molar-refractivity contribution >= 4 is 17.3 Å². The van der Waals surface area contributed by atoms with Crippen molar-refractivity contribution < 1.29 is 23.9 Å². The summed E-state index contributed by atoms with van der Waals surface area (Å²) in [5.74, 6) is 0.0998. The number of rotatable bonds is 4. The number of Topliss-reactive ketones (excluding diaryl/α,β-unsaturated/α-hetero) is 1. The number of benzene rings is 3. The third-order valence-corrected chi connectivity index (χ3v) is 5.14. The Morgan fingerprint density at radius 3 is 2.00 bits per heavy atom. The Labute approximate surface area is 167 Å². The highest BCUT2D eigenvalue weighted by Crippen LogP contribution is 2.39. The van der Waals surface area contributed by atoms with Gasteiger partial charge in [0.15, 0.2) is 11.6 Å². The zero-order valence-electron chi connectivity index (χ0n) is 16.2. The van der Waals surface area contributed by atoms with E-state index in [-0.39, 0.29) is 28.5 Å². The molecule has 3 aromatic carbocycles. The van der Waals surface area contributed by atoms with E-state index in [2.05, 4.69) is 0 Å². The van der Waals surface area contributed by atoms with Crippen molar-refractivity contribution in [3.63, 3.8) is 0 Å². The summed E-state index contributed by atoms with van der Waals surface area (Å²) in [5.41, 5.74) is 3.23. The average Bonchev–Trinajstić information content (AvgIpc) is 2.75. The average molecular weight is 386 g/mol. The standard InChI is InChI=1S/C24H18O5/c1-13(25)14-7-9-15(10-8-14)16-11-18-22(20(12-16)29-3)24(27)21-17(23(18)26)5-4-6-19(21)28-2/h4-12H,1-3H3. The van der Waals surface area contributed by atoms with Gasteiger partial charge in [0, 0.05) is 16.7 Å². The Bertz CT molecular complexity index is 1170. The van der Waals surface area contributed by atoms with Gasteiger partial charge in [-0.15, -0.1) is 0 Å². The fraction of sp³-hybridized carbons (Fsp3) is 0.125. The molecule has 0 spiro atoms. The van der Waals surface area contributed by atoms with Gasteiger partial charge in [0.05, 0.1) is 25.3 Å². The van der Waals surface area contributed by atoms with Gasteiger partial charge in [-0.2, -0.15) is 0 Å². The molecule has 0 unspecified atom stereocenters. The summed E-state index contributed by atoms with van der Waals surface area (Å²) in [6.07, 6.45) is 0. The number of carbonyl (C=O) groups excluding carboxylic acids is 3. The predicted octanol–water partition coefficient (Wildman–Crippen LogP) is 4.35. The van der Waals surface area contributed by atoms with Gasteiger partial charge in [0.25, 0.3) is 0 Å². The maximum atomic E-state index is 13.2. The molecule has 0 aromatic heterocycles. The van der Waals surface area contributed by atoms with E-state index in [4.69, 9.17) is 9.47 Å². The van der Waals surface area contributed by atoms with Crippen LogP contribution in [-0.2, 0) is 0 Å². The second kappa shape index (κ2) is 7.02. The molecule has 3 aromatic rings. The van der Waals surface area contributed by atoms with Crippen LogP contribution in [0.4, 0.5) is 0 Å². The second-order valence-electron chi connectivity index (χ2n) is 6.78. The summed E-state index contributed by atoms with van der Waals surface area (Å²) < 4.78 is 10.8. The van der Waals surface area contributed by atoms with Gasteiger partial charge in [-0.3, -0.25) is 14.4 Å². The van der Waals surface area contributed by atoms with Crippen molar-refractivity contribution in [2.75, 3.05) is 14.2 Å². The zero-order valence-corrected chi connectivity index (χ0v) is 16.2. The summed E-state index contributed by atoms with van der Waals surface area (Å²) in [6.45, 7) is 1.51. The van der Waals surface area contributed by atoms with E-state index in [0.717, 1.165) is 11.1 Å². The third kappa shape index (κ3) is 2.91. The normalized spacial score (nSPS) is 12.2. The number of ketones is 3. The Morgan fingerprint density at radius 1 is 0.724 bits per heavy atom. The van der Waals surface area contributed by atoms with Crippen molar-refractivity contribution in [3.8, 4) is 22.6 Å². The second-order valence-corrected chi connectivity index (χ2v) is 6.78. The number of methoxy groups -OCH3 is 2. The highest BCUT2D eigenvalue weighted by molar-refractivity contribution is 6.30.